The highest BCUT2D eigenvalue weighted by Gasteiger charge is 2.29. The van der Waals surface area contributed by atoms with Crippen LogP contribution < -0.4 is 10.6 Å². The van der Waals surface area contributed by atoms with Gasteiger partial charge in [-0.1, -0.05) is 49.6 Å². The van der Waals surface area contributed by atoms with Crippen molar-refractivity contribution in [2.75, 3.05) is 10.6 Å². The van der Waals surface area contributed by atoms with Crippen LogP contribution in [0.3, 0.4) is 0 Å². The third kappa shape index (κ3) is 3.38. The first kappa shape index (κ1) is 16.1. The van der Waals surface area contributed by atoms with Gasteiger partial charge in [-0.15, -0.1) is 5.10 Å². The van der Waals surface area contributed by atoms with Crippen molar-refractivity contribution in [2.45, 2.75) is 57.5 Å². The molecule has 0 saturated heterocycles. The van der Waals surface area contributed by atoms with E-state index in [1.54, 1.807) is 0 Å². The topological polar surface area (TPSA) is 71.8 Å². The fourth-order valence-corrected chi connectivity index (χ4v) is 3.94. The molecule has 2 N–H and O–H groups in total. The van der Waals surface area contributed by atoms with Gasteiger partial charge in [0.15, 0.2) is 0 Å². The number of hydrogen-bond donors (Lipinski definition) is 2. The third-order valence-corrected chi connectivity index (χ3v) is 5.27. The number of nitrogens with zero attached hydrogens (tertiary/aromatic N) is 3. The summed E-state index contributed by atoms with van der Waals surface area (Å²) in [6.07, 6.45) is 6.40. The smallest absolute Gasteiger partial charge is 0.250 e. The van der Waals surface area contributed by atoms with Gasteiger partial charge in [-0.25, -0.2) is 4.68 Å². The molecule has 0 spiro atoms. The average molecular weight is 339 g/mol. The maximum atomic E-state index is 12.5. The van der Waals surface area contributed by atoms with Gasteiger partial charge in [0, 0.05) is 12.0 Å². The van der Waals surface area contributed by atoms with Crippen molar-refractivity contribution in [1.82, 2.24) is 14.8 Å². The summed E-state index contributed by atoms with van der Waals surface area (Å²) in [5, 5.41) is 10.9. The standard InChI is InChI=1S/C19H25N5O/c1-13-12-16(14-8-4-2-5-9-14)24-19(20-13)22-18(23-24)21-17(25)15-10-6-3-7-11-15/h2,4-5,8-9,13,15-16H,3,6-7,10-12H2,1H3,(H2,20,21,22,23,25). The highest BCUT2D eigenvalue weighted by molar-refractivity contribution is 5.91. The molecule has 2 unspecified atom stereocenters. The molecule has 132 valence electrons. The van der Waals surface area contributed by atoms with Crippen LogP contribution in [-0.4, -0.2) is 26.7 Å². The Balaban J connectivity index is 1.56. The molecule has 0 radical (unpaired) electrons. The highest BCUT2D eigenvalue weighted by Crippen LogP contribution is 2.32. The van der Waals surface area contributed by atoms with Gasteiger partial charge in [-0.2, -0.15) is 4.98 Å². The highest BCUT2D eigenvalue weighted by atomic mass is 16.2. The van der Waals surface area contributed by atoms with Crippen LogP contribution in [0.5, 0.6) is 0 Å². The van der Waals surface area contributed by atoms with Crippen molar-refractivity contribution in [3.63, 3.8) is 0 Å². The van der Waals surface area contributed by atoms with E-state index in [4.69, 9.17) is 0 Å². The van der Waals surface area contributed by atoms with Crippen molar-refractivity contribution in [3.05, 3.63) is 35.9 Å². The SMILES string of the molecule is CC1CC(c2ccccc2)n2nc(NC(=O)C3CCCCC3)nc2N1. The summed E-state index contributed by atoms with van der Waals surface area (Å²) in [6.45, 7) is 2.15. The number of amides is 1. The Hall–Kier alpha value is -2.37. The van der Waals surface area contributed by atoms with E-state index >= 15 is 0 Å². The molecule has 1 amide bonds. The van der Waals surface area contributed by atoms with E-state index in [2.05, 4.69) is 39.8 Å². The Morgan fingerprint density at radius 2 is 1.96 bits per heavy atom. The molecule has 1 saturated carbocycles. The molecule has 1 fully saturated rings. The lowest BCUT2D eigenvalue weighted by Crippen LogP contribution is -2.31. The number of fused-ring (bicyclic) bond motifs is 1. The molecule has 6 nitrogen and oxygen atoms in total. The molecule has 1 aromatic carbocycles. The van der Waals surface area contributed by atoms with Gasteiger partial charge >= 0.3 is 0 Å². The molecule has 2 aromatic rings. The van der Waals surface area contributed by atoms with Gasteiger partial charge in [0.1, 0.15) is 0 Å². The second kappa shape index (κ2) is 6.86. The van der Waals surface area contributed by atoms with E-state index in [9.17, 15) is 4.79 Å². The van der Waals surface area contributed by atoms with Gasteiger partial charge in [0.25, 0.3) is 5.95 Å². The number of benzene rings is 1. The van der Waals surface area contributed by atoms with E-state index in [1.165, 1.54) is 12.0 Å². The van der Waals surface area contributed by atoms with Crippen LogP contribution in [0, 0.1) is 5.92 Å². The average Bonchev–Trinajstić information content (AvgIpc) is 3.04. The van der Waals surface area contributed by atoms with Crippen molar-refractivity contribution in [3.8, 4) is 0 Å². The maximum absolute atomic E-state index is 12.5. The second-order valence-corrected chi connectivity index (χ2v) is 7.24. The lowest BCUT2D eigenvalue weighted by molar-refractivity contribution is -0.120. The van der Waals surface area contributed by atoms with Crippen molar-refractivity contribution < 1.29 is 4.79 Å². The normalized spacial score (nSPS) is 23.6. The summed E-state index contributed by atoms with van der Waals surface area (Å²) >= 11 is 0. The molecule has 1 aliphatic heterocycles. The monoisotopic (exact) mass is 339 g/mol. The minimum Gasteiger partial charge on any atom is -0.352 e. The molecule has 1 aromatic heterocycles. The quantitative estimate of drug-likeness (QED) is 0.896. The van der Waals surface area contributed by atoms with Gasteiger partial charge in [-0.05, 0) is 31.7 Å². The maximum Gasteiger partial charge on any atom is 0.250 e. The summed E-state index contributed by atoms with van der Waals surface area (Å²) < 4.78 is 1.91. The summed E-state index contributed by atoms with van der Waals surface area (Å²) in [6, 6.07) is 10.8. The minimum atomic E-state index is 0.0620. The van der Waals surface area contributed by atoms with Crippen molar-refractivity contribution in [1.29, 1.82) is 0 Å². The Labute approximate surface area is 148 Å². The van der Waals surface area contributed by atoms with Crippen LogP contribution in [0.1, 0.15) is 57.1 Å². The summed E-state index contributed by atoms with van der Waals surface area (Å²) in [7, 11) is 0. The van der Waals surface area contributed by atoms with Crippen molar-refractivity contribution >= 4 is 17.8 Å². The lowest BCUT2D eigenvalue weighted by atomic mass is 9.89. The first-order valence-electron chi connectivity index (χ1n) is 9.29. The van der Waals surface area contributed by atoms with E-state index < -0.39 is 0 Å². The van der Waals surface area contributed by atoms with Crippen LogP contribution in [0.2, 0.25) is 0 Å². The number of anilines is 2. The predicted octanol–water partition coefficient (Wildman–Crippen LogP) is 3.59. The molecule has 6 heteroatoms. The lowest BCUT2D eigenvalue weighted by Gasteiger charge is -2.29. The molecule has 2 aliphatic rings. The van der Waals surface area contributed by atoms with Crippen LogP contribution in [-0.2, 0) is 4.79 Å². The van der Waals surface area contributed by atoms with Crippen LogP contribution in [0.15, 0.2) is 30.3 Å². The first-order chi connectivity index (χ1) is 12.2. The van der Waals surface area contributed by atoms with E-state index in [0.717, 1.165) is 38.1 Å². The largest absolute Gasteiger partial charge is 0.352 e. The van der Waals surface area contributed by atoms with E-state index in [1.807, 2.05) is 22.9 Å². The molecular formula is C19H25N5O. The molecular weight excluding hydrogens is 314 g/mol. The first-order valence-corrected chi connectivity index (χ1v) is 9.29. The number of carbonyl (C=O) groups is 1. The summed E-state index contributed by atoms with van der Waals surface area (Å²) in [5.41, 5.74) is 1.21. The molecule has 0 bridgehead atoms. The van der Waals surface area contributed by atoms with Crippen LogP contribution >= 0.6 is 0 Å². The van der Waals surface area contributed by atoms with E-state index in [0.29, 0.717) is 12.0 Å². The zero-order valence-electron chi connectivity index (χ0n) is 14.6. The molecule has 4 rings (SSSR count). The third-order valence-electron chi connectivity index (χ3n) is 5.27. The zero-order valence-corrected chi connectivity index (χ0v) is 14.6. The molecule has 2 heterocycles. The Kier molecular flexibility index (Phi) is 4.42. The summed E-state index contributed by atoms with van der Waals surface area (Å²) in [5.74, 6) is 1.30. The van der Waals surface area contributed by atoms with Gasteiger partial charge in [-0.3, -0.25) is 10.1 Å². The molecule has 2 atom stereocenters. The number of hydrogen-bond acceptors (Lipinski definition) is 4. The minimum absolute atomic E-state index is 0.0620. The van der Waals surface area contributed by atoms with Crippen LogP contribution in [0.25, 0.3) is 0 Å². The fraction of sp³-hybridized carbons (Fsp3) is 0.526. The van der Waals surface area contributed by atoms with Crippen LogP contribution in [0.4, 0.5) is 11.9 Å². The second-order valence-electron chi connectivity index (χ2n) is 7.24. The fourth-order valence-electron chi connectivity index (χ4n) is 3.94. The van der Waals surface area contributed by atoms with Gasteiger partial charge in [0.05, 0.1) is 6.04 Å². The van der Waals surface area contributed by atoms with Gasteiger partial charge < -0.3 is 5.32 Å². The Morgan fingerprint density at radius 3 is 2.72 bits per heavy atom. The summed E-state index contributed by atoms with van der Waals surface area (Å²) in [4.78, 5) is 17.0. The molecule has 1 aliphatic carbocycles. The predicted molar refractivity (Wildman–Crippen MR) is 97.5 cm³/mol. The number of aromatic nitrogens is 3. The van der Waals surface area contributed by atoms with Crippen molar-refractivity contribution in [2.24, 2.45) is 5.92 Å². The molecule has 25 heavy (non-hydrogen) atoms. The number of rotatable bonds is 3. The van der Waals surface area contributed by atoms with Gasteiger partial charge in [0.2, 0.25) is 11.9 Å². The number of carbonyl (C=O) groups excluding carboxylic acids is 1. The zero-order chi connectivity index (χ0) is 17.2. The number of nitrogens with one attached hydrogen (secondary N) is 2. The van der Waals surface area contributed by atoms with E-state index in [-0.39, 0.29) is 17.9 Å². The Morgan fingerprint density at radius 1 is 1.20 bits per heavy atom. The Bertz CT molecular complexity index is 736.